The fraction of sp³-hybridized carbons (Fsp3) is 0.125. The lowest BCUT2D eigenvalue weighted by Gasteiger charge is -2.14. The lowest BCUT2D eigenvalue weighted by Crippen LogP contribution is -2.13. The fourth-order valence-electron chi connectivity index (χ4n) is 2.92. The zero-order chi connectivity index (χ0) is 22.4. The molecule has 7 nitrogen and oxygen atoms in total. The maximum Gasteiger partial charge on any atom is 0.338 e. The molecule has 0 aliphatic heterocycles. The molecule has 0 heterocycles. The first-order chi connectivity index (χ1) is 14.9. The molecule has 7 heteroatoms. The van der Waals surface area contributed by atoms with Crippen LogP contribution in [0.3, 0.4) is 0 Å². The van der Waals surface area contributed by atoms with E-state index in [1.165, 1.54) is 32.4 Å². The number of hydrogen-bond donors (Lipinski definition) is 1. The molecule has 0 bridgehead atoms. The van der Waals surface area contributed by atoms with E-state index in [-0.39, 0.29) is 22.8 Å². The number of benzene rings is 3. The van der Waals surface area contributed by atoms with E-state index in [0.29, 0.717) is 17.0 Å². The molecule has 0 fully saturated rings. The van der Waals surface area contributed by atoms with Crippen LogP contribution in [-0.4, -0.2) is 32.1 Å². The number of carbonyl (C=O) groups is 3. The molecule has 1 N–H and O–H groups in total. The van der Waals surface area contributed by atoms with Crippen molar-refractivity contribution in [3.8, 4) is 11.5 Å². The minimum atomic E-state index is -0.702. The van der Waals surface area contributed by atoms with E-state index in [4.69, 9.17) is 14.2 Å². The summed E-state index contributed by atoms with van der Waals surface area (Å²) in [5.41, 5.74) is 2.00. The molecule has 0 aromatic heterocycles. The topological polar surface area (TPSA) is 90.9 Å². The third-order valence-electron chi connectivity index (χ3n) is 4.44. The lowest BCUT2D eigenvalue weighted by atomic mass is 10.1. The summed E-state index contributed by atoms with van der Waals surface area (Å²) in [5, 5.41) is 2.83. The Hall–Kier alpha value is -4.13. The smallest absolute Gasteiger partial charge is 0.338 e. The lowest BCUT2D eigenvalue weighted by molar-refractivity contribution is 0.0555. The van der Waals surface area contributed by atoms with Gasteiger partial charge in [0, 0.05) is 5.56 Å². The Morgan fingerprint density at radius 2 is 1.48 bits per heavy atom. The Bertz CT molecular complexity index is 1140. The third kappa shape index (κ3) is 5.08. The second kappa shape index (κ2) is 9.58. The Morgan fingerprint density at radius 1 is 0.774 bits per heavy atom. The number of hydrogen-bond acceptors (Lipinski definition) is 6. The van der Waals surface area contributed by atoms with Gasteiger partial charge >= 0.3 is 11.9 Å². The molecule has 0 saturated carbocycles. The van der Waals surface area contributed by atoms with Gasteiger partial charge in [0.25, 0.3) is 5.91 Å². The highest BCUT2D eigenvalue weighted by Gasteiger charge is 2.20. The molecular weight excluding hydrogens is 398 g/mol. The van der Waals surface area contributed by atoms with Crippen LogP contribution >= 0.6 is 0 Å². The number of amides is 1. The summed E-state index contributed by atoms with van der Waals surface area (Å²) in [7, 11) is 2.44. The minimum Gasteiger partial charge on any atom is -0.465 e. The number of rotatable bonds is 6. The van der Waals surface area contributed by atoms with E-state index in [9.17, 15) is 14.4 Å². The molecule has 0 spiro atoms. The second-order valence-electron chi connectivity index (χ2n) is 6.61. The number of para-hydroxylation sites is 2. The number of methoxy groups -OCH3 is 2. The van der Waals surface area contributed by atoms with Gasteiger partial charge in [0.05, 0.1) is 31.0 Å². The molecule has 0 aliphatic carbocycles. The SMILES string of the molecule is COC(=O)c1ccc(Oc2ccccc2NC(=O)c2cccc(C)c2)cc1C(=O)OC. The molecule has 0 saturated heterocycles. The predicted octanol–water partition coefficient (Wildman–Crippen LogP) is 4.61. The number of anilines is 1. The fourth-order valence-corrected chi connectivity index (χ4v) is 2.92. The summed E-state index contributed by atoms with van der Waals surface area (Å²) in [4.78, 5) is 36.7. The van der Waals surface area contributed by atoms with Gasteiger partial charge < -0.3 is 19.5 Å². The zero-order valence-electron chi connectivity index (χ0n) is 17.3. The van der Waals surface area contributed by atoms with Gasteiger partial charge in [0.1, 0.15) is 5.75 Å². The van der Waals surface area contributed by atoms with Gasteiger partial charge in [-0.3, -0.25) is 4.79 Å². The summed E-state index contributed by atoms with van der Waals surface area (Å²) >= 11 is 0. The summed E-state index contributed by atoms with van der Waals surface area (Å²) in [6.07, 6.45) is 0. The number of aryl methyl sites for hydroxylation is 1. The van der Waals surface area contributed by atoms with E-state index in [1.807, 2.05) is 19.1 Å². The maximum absolute atomic E-state index is 12.6. The van der Waals surface area contributed by atoms with Crippen LogP contribution in [0.15, 0.2) is 66.7 Å². The normalized spacial score (nSPS) is 10.2. The van der Waals surface area contributed by atoms with Gasteiger partial charge in [-0.15, -0.1) is 0 Å². The average Bonchev–Trinajstić information content (AvgIpc) is 2.79. The van der Waals surface area contributed by atoms with Crippen molar-refractivity contribution in [1.82, 2.24) is 0 Å². The van der Waals surface area contributed by atoms with E-state index in [1.54, 1.807) is 36.4 Å². The third-order valence-corrected chi connectivity index (χ3v) is 4.44. The molecule has 0 radical (unpaired) electrons. The number of carbonyl (C=O) groups excluding carboxylic acids is 3. The summed E-state index contributed by atoms with van der Waals surface area (Å²) in [5.74, 6) is -1.00. The Kier molecular flexibility index (Phi) is 6.67. The van der Waals surface area contributed by atoms with Crippen LogP contribution < -0.4 is 10.1 Å². The van der Waals surface area contributed by atoms with Crippen molar-refractivity contribution in [2.24, 2.45) is 0 Å². The molecule has 3 aromatic rings. The van der Waals surface area contributed by atoms with Crippen molar-refractivity contribution in [2.45, 2.75) is 6.92 Å². The highest BCUT2D eigenvalue weighted by Crippen LogP contribution is 2.31. The van der Waals surface area contributed by atoms with Crippen molar-refractivity contribution in [3.63, 3.8) is 0 Å². The largest absolute Gasteiger partial charge is 0.465 e. The molecule has 31 heavy (non-hydrogen) atoms. The second-order valence-corrected chi connectivity index (χ2v) is 6.61. The molecule has 1 amide bonds. The van der Waals surface area contributed by atoms with Gasteiger partial charge in [-0.2, -0.15) is 0 Å². The van der Waals surface area contributed by atoms with Crippen molar-refractivity contribution >= 4 is 23.5 Å². The van der Waals surface area contributed by atoms with Crippen LogP contribution in [0.25, 0.3) is 0 Å². The van der Waals surface area contributed by atoms with E-state index >= 15 is 0 Å². The summed E-state index contributed by atoms with van der Waals surface area (Å²) < 4.78 is 15.4. The van der Waals surface area contributed by atoms with Crippen LogP contribution in [0.1, 0.15) is 36.6 Å². The van der Waals surface area contributed by atoms with Gasteiger partial charge in [-0.1, -0.05) is 29.8 Å². The maximum atomic E-state index is 12.6. The zero-order valence-corrected chi connectivity index (χ0v) is 17.3. The monoisotopic (exact) mass is 419 g/mol. The first-order valence-electron chi connectivity index (χ1n) is 9.38. The molecule has 0 atom stereocenters. The van der Waals surface area contributed by atoms with Crippen LogP contribution in [-0.2, 0) is 9.47 Å². The van der Waals surface area contributed by atoms with Gasteiger partial charge in [0.15, 0.2) is 5.75 Å². The summed E-state index contributed by atoms with van der Waals surface area (Å²) in [6, 6.07) is 18.4. The van der Waals surface area contributed by atoms with Crippen LogP contribution in [0.4, 0.5) is 5.69 Å². The Labute approximate surface area is 179 Å². The van der Waals surface area contributed by atoms with Gasteiger partial charge in [-0.05, 0) is 49.4 Å². The van der Waals surface area contributed by atoms with Crippen LogP contribution in [0, 0.1) is 6.92 Å². The summed E-state index contributed by atoms with van der Waals surface area (Å²) in [6.45, 7) is 1.91. The molecule has 0 aliphatic rings. The Morgan fingerprint density at radius 3 is 2.19 bits per heavy atom. The first-order valence-corrected chi connectivity index (χ1v) is 9.38. The average molecular weight is 419 g/mol. The Balaban J connectivity index is 1.89. The van der Waals surface area contributed by atoms with Crippen LogP contribution in [0.2, 0.25) is 0 Å². The van der Waals surface area contributed by atoms with Crippen molar-refractivity contribution in [2.75, 3.05) is 19.5 Å². The molecule has 3 aromatic carbocycles. The quantitative estimate of drug-likeness (QED) is 0.587. The van der Waals surface area contributed by atoms with Crippen molar-refractivity contribution in [3.05, 3.63) is 89.0 Å². The van der Waals surface area contributed by atoms with Gasteiger partial charge in [0.2, 0.25) is 0 Å². The van der Waals surface area contributed by atoms with Crippen LogP contribution in [0.5, 0.6) is 11.5 Å². The highest BCUT2D eigenvalue weighted by molar-refractivity contribution is 6.05. The molecule has 3 rings (SSSR count). The van der Waals surface area contributed by atoms with Crippen molar-refractivity contribution < 1.29 is 28.6 Å². The number of ether oxygens (including phenoxy) is 3. The molecule has 158 valence electrons. The predicted molar refractivity (Wildman–Crippen MR) is 115 cm³/mol. The molecule has 0 unspecified atom stereocenters. The number of nitrogens with one attached hydrogen (secondary N) is 1. The van der Waals surface area contributed by atoms with E-state index in [2.05, 4.69) is 5.32 Å². The van der Waals surface area contributed by atoms with E-state index in [0.717, 1.165) is 5.56 Å². The molecular formula is C24H21NO6. The van der Waals surface area contributed by atoms with Crippen molar-refractivity contribution in [1.29, 1.82) is 0 Å². The highest BCUT2D eigenvalue weighted by atomic mass is 16.5. The minimum absolute atomic E-state index is 0.00753. The first kappa shape index (κ1) is 21.6. The van der Waals surface area contributed by atoms with Gasteiger partial charge in [-0.25, -0.2) is 9.59 Å². The van der Waals surface area contributed by atoms with E-state index < -0.39 is 11.9 Å². The standard InChI is InChI=1S/C24H21NO6/c1-15-7-6-8-16(13-15)22(26)25-20-9-4-5-10-21(20)31-17-11-12-18(23(27)29-2)19(14-17)24(28)30-3/h4-14H,1-3H3,(H,25,26). The number of esters is 2.